The standard InChI is InChI=1S/C10H12N2O/c11-4-3-7-6-12-10-2-1-8(13)5-9(7)10/h1-2,5-7,13H,3-4,11H2/i3D2,4D2. The van der Waals surface area contributed by atoms with Crippen LogP contribution in [0.25, 0.3) is 0 Å². The highest BCUT2D eigenvalue weighted by molar-refractivity contribution is 5.81. The minimum absolute atomic E-state index is 0.00682. The first-order valence-corrected chi connectivity index (χ1v) is 3.89. The molecule has 0 saturated heterocycles. The molecule has 0 saturated carbocycles. The Kier molecular flexibility index (Phi) is 1.17. The minimum Gasteiger partial charge on any atom is -0.508 e. The second kappa shape index (κ2) is 3.18. The molecule has 1 aromatic carbocycles. The molecular formula is C10H12N2O. The number of rotatable bonds is 2. The van der Waals surface area contributed by atoms with Crippen molar-refractivity contribution in [3.8, 4) is 5.75 Å². The van der Waals surface area contributed by atoms with Crippen molar-refractivity contribution in [3.63, 3.8) is 0 Å². The topological polar surface area (TPSA) is 58.6 Å². The van der Waals surface area contributed by atoms with E-state index in [1.165, 1.54) is 18.3 Å². The summed E-state index contributed by atoms with van der Waals surface area (Å²) in [6.07, 6.45) is -0.968. The van der Waals surface area contributed by atoms with Crippen LogP contribution in [0.15, 0.2) is 23.2 Å². The van der Waals surface area contributed by atoms with Gasteiger partial charge in [-0.1, -0.05) is 0 Å². The number of nitrogens with zero attached hydrogens (tertiary/aromatic N) is 1. The summed E-state index contributed by atoms with van der Waals surface area (Å²) in [5.74, 6) is -0.905. The third-order valence-electron chi connectivity index (χ3n) is 1.95. The van der Waals surface area contributed by atoms with Crippen molar-refractivity contribution in [2.75, 3.05) is 6.50 Å². The SMILES string of the molecule is [2H]C([2H])(N)C([2H])([2H])C1C=Nc2ccc(O)cc21. The monoisotopic (exact) mass is 180 g/mol. The van der Waals surface area contributed by atoms with E-state index in [0.29, 0.717) is 11.3 Å². The van der Waals surface area contributed by atoms with Crippen LogP contribution in [-0.2, 0) is 0 Å². The van der Waals surface area contributed by atoms with Gasteiger partial charge in [-0.25, -0.2) is 0 Å². The molecular weight excluding hydrogens is 164 g/mol. The lowest BCUT2D eigenvalue weighted by Crippen LogP contribution is -2.06. The molecule has 0 spiro atoms. The summed E-state index contributed by atoms with van der Waals surface area (Å²) in [5.41, 5.74) is 6.20. The lowest BCUT2D eigenvalue weighted by atomic mass is 9.98. The normalized spacial score (nSPS) is 25.8. The molecule has 1 heterocycles. The van der Waals surface area contributed by atoms with Gasteiger partial charge in [0.2, 0.25) is 0 Å². The number of fused-ring (bicyclic) bond motifs is 1. The van der Waals surface area contributed by atoms with Crippen LogP contribution in [0.3, 0.4) is 0 Å². The second-order valence-electron chi connectivity index (χ2n) is 2.79. The van der Waals surface area contributed by atoms with E-state index in [1.54, 1.807) is 6.07 Å². The minimum atomic E-state index is -2.49. The summed E-state index contributed by atoms with van der Waals surface area (Å²) in [5, 5.41) is 9.38. The highest BCUT2D eigenvalue weighted by atomic mass is 16.3. The number of benzene rings is 1. The molecule has 13 heavy (non-hydrogen) atoms. The summed E-state index contributed by atoms with van der Waals surface area (Å²) >= 11 is 0. The zero-order valence-corrected chi connectivity index (χ0v) is 6.86. The molecule has 0 radical (unpaired) electrons. The molecule has 3 N–H and O–H groups in total. The van der Waals surface area contributed by atoms with Gasteiger partial charge in [0.15, 0.2) is 0 Å². The molecule has 1 aromatic rings. The fraction of sp³-hybridized carbons (Fsp3) is 0.300. The van der Waals surface area contributed by atoms with Crippen molar-refractivity contribution in [1.82, 2.24) is 0 Å². The van der Waals surface area contributed by atoms with Crippen LogP contribution in [0.2, 0.25) is 0 Å². The zero-order chi connectivity index (χ0) is 12.8. The number of hydrogen-bond donors (Lipinski definition) is 2. The molecule has 3 heteroatoms. The second-order valence-corrected chi connectivity index (χ2v) is 2.79. The number of hydrogen-bond acceptors (Lipinski definition) is 3. The fourth-order valence-electron chi connectivity index (χ4n) is 1.35. The molecule has 3 nitrogen and oxygen atoms in total. The molecule has 0 fully saturated rings. The number of phenols is 1. The van der Waals surface area contributed by atoms with Gasteiger partial charge in [0, 0.05) is 17.6 Å². The van der Waals surface area contributed by atoms with E-state index in [9.17, 15) is 5.11 Å². The summed E-state index contributed by atoms with van der Waals surface area (Å²) in [4.78, 5) is 4.00. The van der Waals surface area contributed by atoms with Crippen LogP contribution in [0, 0.1) is 0 Å². The Morgan fingerprint density at radius 2 is 2.46 bits per heavy atom. The van der Waals surface area contributed by atoms with E-state index in [2.05, 4.69) is 4.99 Å². The number of aromatic hydroxyl groups is 1. The van der Waals surface area contributed by atoms with Gasteiger partial charge in [0.05, 0.1) is 5.69 Å². The maximum Gasteiger partial charge on any atom is 0.116 e. The summed E-state index contributed by atoms with van der Waals surface area (Å²) < 4.78 is 30.2. The predicted molar refractivity (Wildman–Crippen MR) is 52.7 cm³/mol. The number of nitrogens with two attached hydrogens (primary N) is 1. The Morgan fingerprint density at radius 1 is 1.62 bits per heavy atom. The molecule has 0 aromatic heterocycles. The third kappa shape index (κ3) is 1.42. The predicted octanol–water partition coefficient (Wildman–Crippen LogP) is 1.54. The number of aliphatic imine (C=N–C) groups is 1. The van der Waals surface area contributed by atoms with Gasteiger partial charge in [-0.05, 0) is 36.6 Å². The lowest BCUT2D eigenvalue weighted by Gasteiger charge is -2.07. The van der Waals surface area contributed by atoms with Crippen LogP contribution >= 0.6 is 0 Å². The van der Waals surface area contributed by atoms with Gasteiger partial charge in [0.25, 0.3) is 0 Å². The van der Waals surface area contributed by atoms with Crippen LogP contribution in [0.5, 0.6) is 5.75 Å². The van der Waals surface area contributed by atoms with Gasteiger partial charge < -0.3 is 10.8 Å². The maximum absolute atomic E-state index is 9.38. The van der Waals surface area contributed by atoms with Crippen molar-refractivity contribution in [3.05, 3.63) is 23.8 Å². The van der Waals surface area contributed by atoms with E-state index in [4.69, 9.17) is 11.2 Å². The third-order valence-corrected chi connectivity index (χ3v) is 1.95. The first kappa shape index (κ1) is 4.77. The van der Waals surface area contributed by atoms with E-state index in [0.717, 1.165) is 0 Å². The van der Waals surface area contributed by atoms with Gasteiger partial charge in [0.1, 0.15) is 5.75 Å². The Labute approximate surface area is 82.5 Å². The van der Waals surface area contributed by atoms with Crippen molar-refractivity contribution in [2.24, 2.45) is 10.7 Å². The lowest BCUT2D eigenvalue weighted by molar-refractivity contribution is 0.474. The molecule has 68 valence electrons. The van der Waals surface area contributed by atoms with Crippen molar-refractivity contribution in [2.45, 2.75) is 12.3 Å². The molecule has 0 amide bonds. The zero-order valence-electron chi connectivity index (χ0n) is 10.9. The van der Waals surface area contributed by atoms with E-state index >= 15 is 0 Å². The Balaban J connectivity index is 2.47. The maximum atomic E-state index is 9.38. The van der Waals surface area contributed by atoms with Gasteiger partial charge in [-0.15, -0.1) is 0 Å². The molecule has 0 bridgehead atoms. The Hall–Kier alpha value is -1.35. The van der Waals surface area contributed by atoms with E-state index in [1.807, 2.05) is 0 Å². The van der Waals surface area contributed by atoms with Gasteiger partial charge in [-0.3, -0.25) is 4.99 Å². The van der Waals surface area contributed by atoms with Crippen molar-refractivity contribution < 1.29 is 10.6 Å². The fourth-order valence-corrected chi connectivity index (χ4v) is 1.35. The number of phenolic OH excluding ortho intramolecular Hbond substituents is 1. The molecule has 0 aliphatic carbocycles. The largest absolute Gasteiger partial charge is 0.508 e. The first-order chi connectivity index (χ1) is 7.73. The Bertz CT molecular complexity index is 482. The van der Waals surface area contributed by atoms with Crippen molar-refractivity contribution in [1.29, 1.82) is 0 Å². The molecule has 1 aliphatic heterocycles. The van der Waals surface area contributed by atoms with Crippen molar-refractivity contribution >= 4 is 11.9 Å². The average Bonchev–Trinajstić information content (AvgIpc) is 2.58. The quantitative estimate of drug-likeness (QED) is 0.725. The summed E-state index contributed by atoms with van der Waals surface area (Å²) in [7, 11) is 0. The van der Waals surface area contributed by atoms with Crippen LogP contribution in [0.1, 0.15) is 23.3 Å². The van der Waals surface area contributed by atoms with Crippen LogP contribution in [0.4, 0.5) is 5.69 Å². The highest BCUT2D eigenvalue weighted by Gasteiger charge is 2.17. The van der Waals surface area contributed by atoms with E-state index in [-0.39, 0.29) is 5.75 Å². The van der Waals surface area contributed by atoms with Crippen LogP contribution < -0.4 is 5.73 Å². The highest BCUT2D eigenvalue weighted by Crippen LogP contribution is 2.35. The molecule has 2 rings (SSSR count). The Morgan fingerprint density at radius 3 is 3.23 bits per heavy atom. The first-order valence-electron chi connectivity index (χ1n) is 5.89. The molecule has 1 aliphatic rings. The van der Waals surface area contributed by atoms with Gasteiger partial charge >= 0.3 is 0 Å². The average molecular weight is 180 g/mol. The van der Waals surface area contributed by atoms with Crippen LogP contribution in [-0.4, -0.2) is 17.8 Å². The smallest absolute Gasteiger partial charge is 0.116 e. The summed E-state index contributed by atoms with van der Waals surface area (Å²) in [6, 6.07) is 4.39. The molecule has 1 atom stereocenters. The summed E-state index contributed by atoms with van der Waals surface area (Å²) in [6.45, 7) is -2.49. The van der Waals surface area contributed by atoms with Gasteiger partial charge in [-0.2, -0.15) is 0 Å². The molecule has 1 unspecified atom stereocenters. The van der Waals surface area contributed by atoms with E-state index < -0.39 is 18.8 Å².